The molecule has 0 aliphatic carbocycles. The molecule has 0 saturated heterocycles. The molecular weight excluding hydrogens is 637 g/mol. The molecule has 2 nitrogen and oxygen atoms in total. The molecule has 1 heterocycles. The Kier molecular flexibility index (Phi) is 10.7. The molecule has 258 valence electrons. The van der Waals surface area contributed by atoms with Crippen molar-refractivity contribution in [3.63, 3.8) is 0 Å². The Morgan fingerprint density at radius 1 is 0.510 bits per heavy atom. The molecule has 0 spiro atoms. The van der Waals surface area contributed by atoms with Crippen LogP contribution in [0, 0.1) is 27.7 Å². The van der Waals surface area contributed by atoms with E-state index in [4.69, 9.17) is 0 Å². The highest BCUT2D eigenvalue weighted by Gasteiger charge is 2.50. The fraction of sp³-hybridized carbons (Fsp3) is 0.167. The molecule has 0 fully saturated rings. The van der Waals surface area contributed by atoms with Crippen LogP contribution < -0.4 is 8.61 Å². The summed E-state index contributed by atoms with van der Waals surface area (Å²) in [5.74, 6) is 0. The molecule has 51 heavy (non-hydrogen) atoms. The Balaban J connectivity index is 0.00000220. The fourth-order valence-corrected chi connectivity index (χ4v) is 11.0. The third kappa shape index (κ3) is 6.55. The van der Waals surface area contributed by atoms with Gasteiger partial charge in [0.15, 0.2) is 0 Å². The van der Waals surface area contributed by atoms with Crippen molar-refractivity contribution in [3.8, 4) is 11.1 Å². The van der Waals surface area contributed by atoms with Gasteiger partial charge in [0.2, 0.25) is 0 Å². The minimum absolute atomic E-state index is 1.18. The van der Waals surface area contributed by atoms with Crippen LogP contribution in [-0.2, 0) is 0 Å². The number of allylic oxidation sites excluding steroid dienone is 4. The average Bonchev–Trinajstić information content (AvgIpc) is 3.46. The zero-order valence-corrected chi connectivity index (χ0v) is 32.1. The molecule has 0 N–H and O–H groups in total. The van der Waals surface area contributed by atoms with Crippen molar-refractivity contribution in [3.05, 3.63) is 186 Å². The first-order valence-electron chi connectivity index (χ1n) is 18.1. The van der Waals surface area contributed by atoms with Gasteiger partial charge >= 0.3 is 0 Å². The van der Waals surface area contributed by atoms with Crippen LogP contribution in [0.1, 0.15) is 55.5 Å². The molecule has 0 radical (unpaired) electrons. The summed E-state index contributed by atoms with van der Waals surface area (Å²) >= 11 is 0. The second-order valence-corrected chi connectivity index (χ2v) is 15.7. The van der Waals surface area contributed by atoms with Crippen molar-refractivity contribution >= 4 is 38.7 Å². The molecule has 0 amide bonds. The summed E-state index contributed by atoms with van der Waals surface area (Å²) in [6.07, 6.45) is 6.55. The largest absolute Gasteiger partial charge is 0.277 e. The second kappa shape index (κ2) is 15.3. The summed E-state index contributed by atoms with van der Waals surface area (Å²) in [6.45, 7) is 17.0. The molecular formula is C48H50N2S. The van der Waals surface area contributed by atoms with E-state index in [0.29, 0.717) is 0 Å². The number of benzene rings is 6. The van der Waals surface area contributed by atoms with Crippen LogP contribution >= 0.6 is 10.4 Å². The van der Waals surface area contributed by atoms with Gasteiger partial charge in [-0.05, 0) is 146 Å². The number of hydrogen-bond acceptors (Lipinski definition) is 2. The van der Waals surface area contributed by atoms with Gasteiger partial charge in [0.05, 0.1) is 22.7 Å². The third-order valence-electron chi connectivity index (χ3n) is 9.52. The van der Waals surface area contributed by atoms with E-state index in [9.17, 15) is 0 Å². The lowest BCUT2D eigenvalue weighted by Gasteiger charge is -2.51. The Hall–Kier alpha value is -5.25. The van der Waals surface area contributed by atoms with Gasteiger partial charge in [-0.3, -0.25) is 8.61 Å². The maximum Gasteiger partial charge on any atom is 0.0780 e. The second-order valence-electron chi connectivity index (χ2n) is 12.9. The number of hydrogen-bond donors (Lipinski definition) is 0. The molecule has 0 bridgehead atoms. The number of rotatable bonds is 7. The lowest BCUT2D eigenvalue weighted by molar-refractivity contribution is 1.27. The molecule has 3 heteroatoms. The summed E-state index contributed by atoms with van der Waals surface area (Å²) < 4.78 is 5.34. The van der Waals surface area contributed by atoms with Gasteiger partial charge in [0, 0.05) is 9.79 Å². The molecule has 1 aliphatic heterocycles. The Labute approximate surface area is 308 Å². The van der Waals surface area contributed by atoms with Crippen molar-refractivity contribution in [2.24, 2.45) is 0 Å². The predicted molar refractivity (Wildman–Crippen MR) is 225 cm³/mol. The minimum Gasteiger partial charge on any atom is -0.277 e. The normalized spacial score (nSPS) is 14.2. The van der Waals surface area contributed by atoms with Crippen molar-refractivity contribution in [1.29, 1.82) is 0 Å². The van der Waals surface area contributed by atoms with Crippen LogP contribution in [0.25, 0.3) is 16.7 Å². The lowest BCUT2D eigenvalue weighted by atomic mass is 10.1. The summed E-state index contributed by atoms with van der Waals surface area (Å²) in [5, 5.41) is 0. The van der Waals surface area contributed by atoms with E-state index in [2.05, 4.69) is 208 Å². The summed E-state index contributed by atoms with van der Waals surface area (Å²) in [5.41, 5.74) is 14.7. The van der Waals surface area contributed by atoms with Crippen molar-refractivity contribution in [2.45, 2.75) is 65.2 Å². The summed E-state index contributed by atoms with van der Waals surface area (Å²) in [6, 6.07) is 52.3. The highest BCUT2D eigenvalue weighted by atomic mass is 32.3. The quantitative estimate of drug-likeness (QED) is 0.154. The molecule has 0 saturated carbocycles. The monoisotopic (exact) mass is 686 g/mol. The van der Waals surface area contributed by atoms with Gasteiger partial charge in [-0.25, -0.2) is 0 Å². The van der Waals surface area contributed by atoms with Crippen LogP contribution in [0.15, 0.2) is 168 Å². The van der Waals surface area contributed by atoms with Gasteiger partial charge in [0.1, 0.15) is 0 Å². The smallest absolute Gasteiger partial charge is 0.0780 e. The van der Waals surface area contributed by atoms with E-state index in [1.807, 2.05) is 13.8 Å². The summed E-state index contributed by atoms with van der Waals surface area (Å²) in [7, 11) is -2.22. The van der Waals surface area contributed by atoms with Gasteiger partial charge in [-0.15, -0.1) is 0 Å². The highest BCUT2D eigenvalue weighted by Crippen LogP contribution is 2.79. The molecule has 0 unspecified atom stereocenters. The summed E-state index contributed by atoms with van der Waals surface area (Å²) in [4.78, 5) is 2.54. The van der Waals surface area contributed by atoms with Crippen LogP contribution in [0.3, 0.4) is 0 Å². The fourth-order valence-electron chi connectivity index (χ4n) is 6.85. The van der Waals surface area contributed by atoms with Crippen molar-refractivity contribution in [1.82, 2.24) is 0 Å². The maximum absolute atomic E-state index is 2.67. The van der Waals surface area contributed by atoms with Crippen LogP contribution in [0.4, 0.5) is 22.7 Å². The Bertz CT molecular complexity index is 2100. The first-order chi connectivity index (χ1) is 24.8. The Morgan fingerprint density at radius 2 is 1.00 bits per heavy atom. The maximum atomic E-state index is 2.67. The molecule has 7 rings (SSSR count). The third-order valence-corrected chi connectivity index (χ3v) is 13.2. The SMILES string of the molecule is C/C=C\C(=C/C)c1cccc(S2(c3cccc(-c4ccccc4)c3)N(c3ccc(C)cc3)c3cc(C)c(C)cc3N2c2ccc(C)cc2)c1.CC. The molecule has 6 aromatic carbocycles. The van der Waals surface area contributed by atoms with E-state index >= 15 is 0 Å². The van der Waals surface area contributed by atoms with E-state index in [1.165, 1.54) is 77.1 Å². The minimum atomic E-state index is -2.22. The van der Waals surface area contributed by atoms with Gasteiger partial charge in [-0.2, -0.15) is 0 Å². The van der Waals surface area contributed by atoms with E-state index in [-0.39, 0.29) is 0 Å². The van der Waals surface area contributed by atoms with Crippen molar-refractivity contribution < 1.29 is 0 Å². The lowest BCUT2D eigenvalue weighted by Crippen LogP contribution is -2.30. The van der Waals surface area contributed by atoms with Crippen molar-refractivity contribution in [2.75, 3.05) is 8.61 Å². The molecule has 0 aromatic heterocycles. The first kappa shape index (κ1) is 35.6. The molecule has 6 aromatic rings. The number of aryl methyl sites for hydroxylation is 4. The topological polar surface area (TPSA) is 6.48 Å². The van der Waals surface area contributed by atoms with Crippen LogP contribution in [0.5, 0.6) is 0 Å². The molecule has 1 aliphatic rings. The standard InChI is InChI=1S/C46H44N2S.C2H6/c1-7-14-37(8-2)39-17-12-19-43(31-39)49(44-20-13-18-40(32-44)38-15-10-9-11-16-38)47(41-25-21-33(3)22-26-41)45-29-35(5)36(6)30-46(45)48(49)42-27-23-34(4)24-28-42;1-2/h7-32H,1-6H3;1-2H3/b14-7-,37-8+;. The zero-order valence-electron chi connectivity index (χ0n) is 31.3. The van der Waals surface area contributed by atoms with Gasteiger partial charge in [0.25, 0.3) is 0 Å². The van der Waals surface area contributed by atoms with Gasteiger partial charge in [-0.1, -0.05) is 122 Å². The zero-order chi connectivity index (χ0) is 36.1. The van der Waals surface area contributed by atoms with E-state index in [1.54, 1.807) is 0 Å². The number of anilines is 4. The highest BCUT2D eigenvalue weighted by molar-refractivity contribution is 8.36. The number of fused-ring (bicyclic) bond motifs is 1. The van der Waals surface area contributed by atoms with E-state index < -0.39 is 10.4 Å². The number of nitrogens with zero attached hydrogens (tertiary/aromatic N) is 2. The van der Waals surface area contributed by atoms with E-state index in [0.717, 1.165) is 0 Å². The first-order valence-corrected chi connectivity index (χ1v) is 19.6. The predicted octanol–water partition coefficient (Wildman–Crippen LogP) is 14.6. The van der Waals surface area contributed by atoms with Gasteiger partial charge < -0.3 is 0 Å². The Morgan fingerprint density at radius 3 is 1.51 bits per heavy atom. The molecule has 0 atom stereocenters. The average molecular weight is 687 g/mol. The van der Waals surface area contributed by atoms with Crippen LogP contribution in [0.2, 0.25) is 0 Å². The van der Waals surface area contributed by atoms with Crippen LogP contribution in [-0.4, -0.2) is 0 Å².